The predicted molar refractivity (Wildman–Crippen MR) is 80.8 cm³/mol. The van der Waals surface area contributed by atoms with Gasteiger partial charge < -0.3 is 5.11 Å². The molecule has 1 saturated heterocycles. The number of carbonyl (C=O) groups is 1. The summed E-state index contributed by atoms with van der Waals surface area (Å²) in [6.45, 7) is 6.46. The Hall–Kier alpha value is -1.86. The van der Waals surface area contributed by atoms with E-state index >= 15 is 0 Å². The van der Waals surface area contributed by atoms with E-state index in [-0.39, 0.29) is 0 Å². The quantitative estimate of drug-likeness (QED) is 0.924. The second-order valence-electron chi connectivity index (χ2n) is 5.97. The normalized spacial score (nSPS) is 18.1. The van der Waals surface area contributed by atoms with E-state index in [1.165, 1.54) is 5.56 Å². The van der Waals surface area contributed by atoms with Gasteiger partial charge >= 0.3 is 5.97 Å². The van der Waals surface area contributed by atoms with Crippen LogP contribution in [0.15, 0.2) is 18.2 Å². The van der Waals surface area contributed by atoms with E-state index in [0.29, 0.717) is 24.8 Å². The van der Waals surface area contributed by atoms with Gasteiger partial charge in [-0.1, -0.05) is 13.0 Å². The zero-order valence-electron chi connectivity index (χ0n) is 12.7. The number of nitriles is 1. The summed E-state index contributed by atoms with van der Waals surface area (Å²) in [7, 11) is 0. The van der Waals surface area contributed by atoms with Crippen molar-refractivity contribution in [2.24, 2.45) is 5.41 Å². The van der Waals surface area contributed by atoms with Crippen molar-refractivity contribution in [1.29, 1.82) is 5.26 Å². The van der Waals surface area contributed by atoms with E-state index in [4.69, 9.17) is 5.26 Å². The fourth-order valence-corrected chi connectivity index (χ4v) is 3.04. The Morgan fingerprint density at radius 1 is 1.43 bits per heavy atom. The fraction of sp³-hybridized carbons (Fsp3) is 0.529. The molecular weight excluding hydrogens is 264 g/mol. The summed E-state index contributed by atoms with van der Waals surface area (Å²) in [6.07, 6.45) is 2.13. The third-order valence-electron chi connectivity index (χ3n) is 4.81. The lowest BCUT2D eigenvalue weighted by Gasteiger charge is -2.38. The minimum Gasteiger partial charge on any atom is -0.481 e. The van der Waals surface area contributed by atoms with Crippen LogP contribution in [0.4, 0.5) is 0 Å². The molecule has 0 amide bonds. The van der Waals surface area contributed by atoms with Crippen molar-refractivity contribution in [1.82, 2.24) is 4.90 Å². The molecule has 1 aromatic rings. The first-order chi connectivity index (χ1) is 10.0. The summed E-state index contributed by atoms with van der Waals surface area (Å²) in [4.78, 5) is 13.8. The van der Waals surface area contributed by atoms with Crippen LogP contribution in [0.1, 0.15) is 42.9 Å². The molecule has 1 aromatic carbocycles. The summed E-state index contributed by atoms with van der Waals surface area (Å²) < 4.78 is 0. The third kappa shape index (κ3) is 3.25. The average molecular weight is 286 g/mol. The van der Waals surface area contributed by atoms with Gasteiger partial charge in [0.05, 0.1) is 17.0 Å². The zero-order valence-corrected chi connectivity index (χ0v) is 12.7. The monoisotopic (exact) mass is 286 g/mol. The number of carboxylic acids is 1. The molecule has 0 aromatic heterocycles. The molecule has 1 N–H and O–H groups in total. The molecule has 4 nitrogen and oxygen atoms in total. The van der Waals surface area contributed by atoms with Crippen LogP contribution in [0.3, 0.4) is 0 Å². The minimum absolute atomic E-state index is 0.532. The number of hydrogen-bond acceptors (Lipinski definition) is 3. The van der Waals surface area contributed by atoms with Crippen LogP contribution in [0.2, 0.25) is 0 Å². The maximum absolute atomic E-state index is 11.4. The van der Waals surface area contributed by atoms with Gasteiger partial charge in [-0.25, -0.2) is 0 Å². The van der Waals surface area contributed by atoms with Gasteiger partial charge in [-0.3, -0.25) is 9.69 Å². The van der Waals surface area contributed by atoms with Crippen LogP contribution >= 0.6 is 0 Å². The molecule has 2 rings (SSSR count). The van der Waals surface area contributed by atoms with Crippen LogP contribution in [-0.2, 0) is 11.3 Å². The summed E-state index contributed by atoms with van der Waals surface area (Å²) in [5.74, 6) is -0.654. The fourth-order valence-electron chi connectivity index (χ4n) is 3.04. The van der Waals surface area contributed by atoms with Crippen LogP contribution in [0.25, 0.3) is 0 Å². The van der Waals surface area contributed by atoms with Gasteiger partial charge in [0.25, 0.3) is 0 Å². The molecule has 0 saturated carbocycles. The average Bonchev–Trinajstić information content (AvgIpc) is 2.50. The molecule has 1 aliphatic rings. The highest BCUT2D eigenvalue weighted by Crippen LogP contribution is 2.35. The maximum Gasteiger partial charge on any atom is 0.309 e. The van der Waals surface area contributed by atoms with Crippen molar-refractivity contribution < 1.29 is 9.90 Å². The van der Waals surface area contributed by atoms with Gasteiger partial charge in [-0.05, 0) is 62.5 Å². The Morgan fingerprint density at radius 2 is 2.10 bits per heavy atom. The van der Waals surface area contributed by atoms with Gasteiger partial charge in [0.1, 0.15) is 0 Å². The van der Waals surface area contributed by atoms with E-state index < -0.39 is 11.4 Å². The summed E-state index contributed by atoms with van der Waals surface area (Å²) in [6, 6.07) is 7.91. The molecule has 0 radical (unpaired) electrons. The Labute approximate surface area is 126 Å². The molecule has 0 bridgehead atoms. The number of carboxylic acid groups (broad SMARTS) is 1. The first-order valence-electron chi connectivity index (χ1n) is 7.46. The van der Waals surface area contributed by atoms with Crippen LogP contribution in [0, 0.1) is 23.7 Å². The summed E-state index contributed by atoms with van der Waals surface area (Å²) >= 11 is 0. The molecule has 1 aliphatic heterocycles. The number of aryl methyl sites for hydroxylation is 1. The smallest absolute Gasteiger partial charge is 0.309 e. The van der Waals surface area contributed by atoms with E-state index in [1.807, 2.05) is 32.0 Å². The Kier molecular flexibility index (Phi) is 4.64. The number of rotatable bonds is 4. The predicted octanol–water partition coefficient (Wildman–Crippen LogP) is 2.94. The van der Waals surface area contributed by atoms with Crippen LogP contribution in [-0.4, -0.2) is 29.1 Å². The number of nitrogens with zero attached hydrogens (tertiary/aromatic N) is 2. The number of likely N-dealkylation sites (tertiary alicyclic amines) is 1. The van der Waals surface area contributed by atoms with Gasteiger partial charge in [0.2, 0.25) is 0 Å². The summed E-state index contributed by atoms with van der Waals surface area (Å²) in [5, 5.41) is 18.3. The van der Waals surface area contributed by atoms with E-state index in [1.54, 1.807) is 0 Å². The first kappa shape index (κ1) is 15.5. The lowest BCUT2D eigenvalue weighted by atomic mass is 9.76. The second kappa shape index (κ2) is 6.28. The van der Waals surface area contributed by atoms with Crippen molar-refractivity contribution in [3.8, 4) is 6.07 Å². The van der Waals surface area contributed by atoms with Crippen LogP contribution < -0.4 is 0 Å². The minimum atomic E-state index is -0.654. The Morgan fingerprint density at radius 3 is 2.57 bits per heavy atom. The van der Waals surface area contributed by atoms with Crippen molar-refractivity contribution in [3.63, 3.8) is 0 Å². The molecular formula is C17H22N2O2. The van der Waals surface area contributed by atoms with E-state index in [9.17, 15) is 9.90 Å². The zero-order chi connectivity index (χ0) is 15.5. The van der Waals surface area contributed by atoms with Crippen molar-refractivity contribution in [2.45, 2.75) is 39.7 Å². The molecule has 0 spiro atoms. The first-order valence-corrected chi connectivity index (χ1v) is 7.46. The molecule has 0 atom stereocenters. The van der Waals surface area contributed by atoms with E-state index in [2.05, 4.69) is 11.0 Å². The highest BCUT2D eigenvalue weighted by molar-refractivity contribution is 5.74. The second-order valence-corrected chi connectivity index (χ2v) is 5.97. The highest BCUT2D eigenvalue weighted by atomic mass is 16.4. The van der Waals surface area contributed by atoms with Crippen molar-refractivity contribution >= 4 is 5.97 Å². The van der Waals surface area contributed by atoms with Gasteiger partial charge in [-0.2, -0.15) is 5.26 Å². The molecule has 0 aliphatic carbocycles. The standard InChI is InChI=1S/C17H22N2O2/c1-3-17(16(20)21)6-8-19(9-7-17)12-15-5-4-14(11-18)10-13(15)2/h4-5,10H,3,6-9,12H2,1-2H3,(H,20,21). The van der Waals surface area contributed by atoms with Crippen molar-refractivity contribution in [2.75, 3.05) is 13.1 Å². The Balaban J connectivity index is 2.01. The number of aliphatic carboxylic acids is 1. The lowest BCUT2D eigenvalue weighted by Crippen LogP contribution is -2.43. The number of benzene rings is 1. The molecule has 112 valence electrons. The third-order valence-corrected chi connectivity index (χ3v) is 4.81. The number of piperidine rings is 1. The van der Waals surface area contributed by atoms with Gasteiger partial charge in [-0.15, -0.1) is 0 Å². The molecule has 1 heterocycles. The molecule has 0 unspecified atom stereocenters. The largest absolute Gasteiger partial charge is 0.481 e. The number of hydrogen-bond donors (Lipinski definition) is 1. The SMILES string of the molecule is CCC1(C(=O)O)CCN(Cc2ccc(C#N)cc2C)CC1. The summed E-state index contributed by atoms with van der Waals surface area (Å²) in [5.41, 5.74) is 2.50. The Bertz CT molecular complexity index is 567. The highest BCUT2D eigenvalue weighted by Gasteiger charge is 2.39. The lowest BCUT2D eigenvalue weighted by molar-refractivity contribution is -0.152. The van der Waals surface area contributed by atoms with E-state index in [0.717, 1.165) is 25.2 Å². The maximum atomic E-state index is 11.4. The van der Waals surface area contributed by atoms with Gasteiger partial charge in [0, 0.05) is 6.54 Å². The topological polar surface area (TPSA) is 64.3 Å². The van der Waals surface area contributed by atoms with Crippen molar-refractivity contribution in [3.05, 3.63) is 34.9 Å². The molecule has 1 fully saturated rings. The molecule has 4 heteroatoms. The van der Waals surface area contributed by atoms with Gasteiger partial charge in [0.15, 0.2) is 0 Å². The van der Waals surface area contributed by atoms with Crippen LogP contribution in [0.5, 0.6) is 0 Å². The molecule has 21 heavy (non-hydrogen) atoms.